The number of aromatic nitrogens is 2. The number of piperidine rings is 1. The summed E-state index contributed by atoms with van der Waals surface area (Å²) in [5.74, 6) is 6.93. The van der Waals surface area contributed by atoms with Crippen molar-refractivity contribution in [3.8, 4) is 23.1 Å². The molecule has 1 aliphatic carbocycles. The number of rotatable bonds is 2. The maximum atomic E-state index is 14.2. The fourth-order valence-electron chi connectivity index (χ4n) is 3.30. The van der Waals surface area contributed by atoms with Crippen molar-refractivity contribution in [3.63, 3.8) is 0 Å². The van der Waals surface area contributed by atoms with Gasteiger partial charge in [-0.2, -0.15) is 0 Å². The van der Waals surface area contributed by atoms with Crippen molar-refractivity contribution in [2.45, 2.75) is 32.6 Å². The number of nitrogens with one attached hydrogen (secondary N) is 1. The molecule has 1 saturated carbocycles. The first-order chi connectivity index (χ1) is 13.5. The van der Waals surface area contributed by atoms with Gasteiger partial charge in [0.25, 0.3) is 5.56 Å². The third-order valence-electron chi connectivity index (χ3n) is 5.31. The van der Waals surface area contributed by atoms with E-state index in [0.717, 1.165) is 38.8 Å². The highest BCUT2D eigenvalue weighted by Crippen LogP contribution is 2.30. The standard InChI is InChI=1S/C22H21FN4O/c1-14-9-11-27(12-10-14)22-25-20(16-6-8-19(24-2)18(23)13-16)17(21(28)26-22)7-5-15-3-4-15/h6,8,13-15H,3-4,9-12H2,1H3,(H,25,26,28). The number of nitrogens with zero attached hydrogens (tertiary/aromatic N) is 3. The summed E-state index contributed by atoms with van der Waals surface area (Å²) in [5.41, 5.74) is 0.741. The predicted molar refractivity (Wildman–Crippen MR) is 107 cm³/mol. The van der Waals surface area contributed by atoms with Crippen molar-refractivity contribution in [3.05, 3.63) is 51.4 Å². The molecule has 142 valence electrons. The largest absolute Gasteiger partial charge is 0.342 e. The number of hydrogen-bond acceptors (Lipinski definition) is 3. The Hall–Kier alpha value is -3.12. The fourth-order valence-corrected chi connectivity index (χ4v) is 3.30. The Morgan fingerprint density at radius 3 is 2.68 bits per heavy atom. The van der Waals surface area contributed by atoms with Gasteiger partial charge in [0.15, 0.2) is 0 Å². The minimum atomic E-state index is -0.621. The molecule has 0 spiro atoms. The quantitative estimate of drug-likeness (QED) is 0.634. The molecule has 1 saturated heterocycles. The summed E-state index contributed by atoms with van der Waals surface area (Å²) >= 11 is 0. The van der Waals surface area contributed by atoms with Crippen molar-refractivity contribution in [2.24, 2.45) is 11.8 Å². The molecule has 0 radical (unpaired) electrons. The van der Waals surface area contributed by atoms with Gasteiger partial charge in [0.1, 0.15) is 11.4 Å². The Kier molecular flexibility index (Phi) is 4.88. The van der Waals surface area contributed by atoms with Crippen LogP contribution in [0, 0.1) is 36.1 Å². The van der Waals surface area contributed by atoms with Gasteiger partial charge in [-0.25, -0.2) is 14.2 Å². The lowest BCUT2D eigenvalue weighted by Crippen LogP contribution is -2.35. The molecule has 0 atom stereocenters. The molecular formula is C22H21FN4O. The van der Waals surface area contributed by atoms with Gasteiger partial charge >= 0.3 is 0 Å². The summed E-state index contributed by atoms with van der Waals surface area (Å²) in [5, 5.41) is 0. The first-order valence-corrected chi connectivity index (χ1v) is 9.63. The van der Waals surface area contributed by atoms with Gasteiger partial charge in [-0.3, -0.25) is 9.78 Å². The molecule has 2 aliphatic rings. The lowest BCUT2D eigenvalue weighted by Gasteiger charge is -2.30. The molecule has 4 rings (SSSR count). The van der Waals surface area contributed by atoms with Gasteiger partial charge in [-0.05, 0) is 37.7 Å². The third-order valence-corrected chi connectivity index (χ3v) is 5.31. The van der Waals surface area contributed by atoms with Crippen LogP contribution < -0.4 is 10.5 Å². The van der Waals surface area contributed by atoms with E-state index in [-0.39, 0.29) is 16.8 Å². The maximum absolute atomic E-state index is 14.2. The highest BCUT2D eigenvalue weighted by molar-refractivity contribution is 5.70. The topological polar surface area (TPSA) is 53.4 Å². The van der Waals surface area contributed by atoms with E-state index in [2.05, 4.69) is 38.5 Å². The SMILES string of the molecule is [C-]#[N+]c1ccc(-c2nc(N3CCC(C)CC3)[nH]c(=O)c2C#CC2CC2)cc1F. The van der Waals surface area contributed by atoms with E-state index in [0.29, 0.717) is 29.0 Å². The molecule has 1 aliphatic heterocycles. The Morgan fingerprint density at radius 2 is 2.04 bits per heavy atom. The molecule has 2 aromatic rings. The summed E-state index contributed by atoms with van der Waals surface area (Å²) < 4.78 is 14.2. The highest BCUT2D eigenvalue weighted by atomic mass is 19.1. The van der Waals surface area contributed by atoms with Gasteiger partial charge in [-0.1, -0.05) is 30.9 Å². The Morgan fingerprint density at radius 1 is 1.29 bits per heavy atom. The van der Waals surface area contributed by atoms with Crippen LogP contribution in [0.15, 0.2) is 23.0 Å². The summed E-state index contributed by atoms with van der Waals surface area (Å²) in [7, 11) is 0. The summed E-state index contributed by atoms with van der Waals surface area (Å²) in [4.78, 5) is 25.6. The predicted octanol–water partition coefficient (Wildman–Crippen LogP) is 4.12. The second kappa shape index (κ2) is 7.48. The zero-order valence-corrected chi connectivity index (χ0v) is 15.8. The molecule has 6 heteroatoms. The Labute approximate surface area is 163 Å². The van der Waals surface area contributed by atoms with Crippen LogP contribution >= 0.6 is 0 Å². The van der Waals surface area contributed by atoms with Crippen molar-refractivity contribution >= 4 is 11.6 Å². The van der Waals surface area contributed by atoms with Crippen molar-refractivity contribution in [1.82, 2.24) is 9.97 Å². The molecule has 1 N–H and O–H groups in total. The second-order valence-corrected chi connectivity index (χ2v) is 7.60. The first-order valence-electron chi connectivity index (χ1n) is 9.63. The zero-order valence-electron chi connectivity index (χ0n) is 15.8. The van der Waals surface area contributed by atoms with Crippen LogP contribution in [0.3, 0.4) is 0 Å². The molecule has 1 aromatic carbocycles. The van der Waals surface area contributed by atoms with E-state index in [4.69, 9.17) is 6.57 Å². The lowest BCUT2D eigenvalue weighted by molar-refractivity contribution is 0.434. The van der Waals surface area contributed by atoms with Crippen molar-refractivity contribution in [1.29, 1.82) is 0 Å². The normalized spacial score (nSPS) is 17.0. The number of halogens is 1. The van der Waals surface area contributed by atoms with Gasteiger partial charge in [0.2, 0.25) is 11.6 Å². The summed E-state index contributed by atoms with van der Waals surface area (Å²) in [6.07, 6.45) is 4.17. The minimum Gasteiger partial charge on any atom is -0.342 e. The van der Waals surface area contributed by atoms with Crippen LogP contribution in [-0.4, -0.2) is 23.1 Å². The van der Waals surface area contributed by atoms with Crippen LogP contribution in [0.2, 0.25) is 0 Å². The molecule has 28 heavy (non-hydrogen) atoms. The molecular weight excluding hydrogens is 355 g/mol. The van der Waals surface area contributed by atoms with E-state index in [9.17, 15) is 9.18 Å². The fraction of sp³-hybridized carbons (Fsp3) is 0.409. The number of aromatic amines is 1. The smallest absolute Gasteiger partial charge is 0.268 e. The zero-order chi connectivity index (χ0) is 19.7. The van der Waals surface area contributed by atoms with E-state index in [1.54, 1.807) is 6.07 Å². The lowest BCUT2D eigenvalue weighted by atomic mass is 9.99. The number of benzene rings is 1. The molecule has 0 amide bonds. The van der Waals surface area contributed by atoms with Crippen LogP contribution in [0.25, 0.3) is 16.1 Å². The Balaban J connectivity index is 1.81. The highest BCUT2D eigenvalue weighted by Gasteiger charge is 2.22. The summed E-state index contributed by atoms with van der Waals surface area (Å²) in [6, 6.07) is 4.31. The summed E-state index contributed by atoms with van der Waals surface area (Å²) in [6.45, 7) is 10.9. The first kappa shape index (κ1) is 18.3. The van der Waals surface area contributed by atoms with Crippen LogP contribution in [0.1, 0.15) is 38.2 Å². The van der Waals surface area contributed by atoms with Crippen molar-refractivity contribution < 1.29 is 4.39 Å². The van der Waals surface area contributed by atoms with Crippen LogP contribution in [0.4, 0.5) is 16.0 Å². The average molecular weight is 376 g/mol. The van der Waals surface area contributed by atoms with Gasteiger partial charge in [-0.15, -0.1) is 0 Å². The monoisotopic (exact) mass is 376 g/mol. The molecule has 2 fully saturated rings. The Bertz CT molecular complexity index is 1060. The van der Waals surface area contributed by atoms with Gasteiger partial charge in [0, 0.05) is 24.6 Å². The second-order valence-electron chi connectivity index (χ2n) is 7.60. The maximum Gasteiger partial charge on any atom is 0.268 e. The number of hydrogen-bond donors (Lipinski definition) is 1. The molecule has 0 bridgehead atoms. The van der Waals surface area contributed by atoms with Gasteiger partial charge < -0.3 is 4.90 Å². The van der Waals surface area contributed by atoms with Gasteiger partial charge in [0.05, 0.1) is 12.3 Å². The van der Waals surface area contributed by atoms with E-state index in [1.807, 2.05) is 0 Å². The van der Waals surface area contributed by atoms with E-state index < -0.39 is 5.82 Å². The van der Waals surface area contributed by atoms with E-state index >= 15 is 0 Å². The van der Waals surface area contributed by atoms with Crippen molar-refractivity contribution in [2.75, 3.05) is 18.0 Å². The molecule has 0 unspecified atom stereocenters. The molecule has 5 nitrogen and oxygen atoms in total. The average Bonchev–Trinajstić information content (AvgIpc) is 3.51. The van der Waals surface area contributed by atoms with Crippen LogP contribution in [-0.2, 0) is 0 Å². The van der Waals surface area contributed by atoms with E-state index in [1.165, 1.54) is 12.1 Å². The molecule has 1 aromatic heterocycles. The number of anilines is 1. The molecule has 2 heterocycles. The third kappa shape index (κ3) is 3.77. The number of H-pyrrole nitrogens is 1. The minimum absolute atomic E-state index is 0.0514. The van der Waals surface area contributed by atoms with Crippen LogP contribution in [0.5, 0.6) is 0 Å².